The molecule has 2 heteroatoms. The lowest BCUT2D eigenvalue weighted by Crippen LogP contribution is -2.21. The van der Waals surface area contributed by atoms with E-state index in [2.05, 4.69) is 66.1 Å². The van der Waals surface area contributed by atoms with Crippen LogP contribution in [-0.2, 0) is 17.8 Å². The third-order valence-corrected chi connectivity index (χ3v) is 5.29. The van der Waals surface area contributed by atoms with Crippen molar-refractivity contribution in [1.82, 2.24) is 4.57 Å². The minimum atomic E-state index is 0.151. The van der Waals surface area contributed by atoms with Crippen molar-refractivity contribution in [2.75, 3.05) is 0 Å². The van der Waals surface area contributed by atoms with Crippen LogP contribution < -0.4 is 0 Å². The summed E-state index contributed by atoms with van der Waals surface area (Å²) < 4.78 is 2.46. The minimum absolute atomic E-state index is 0.151. The lowest BCUT2D eigenvalue weighted by Gasteiger charge is -2.26. The first-order valence-corrected chi connectivity index (χ1v) is 8.39. The molecule has 0 aliphatic heterocycles. The van der Waals surface area contributed by atoms with Gasteiger partial charge in [0.15, 0.2) is 0 Å². The molecule has 4 rings (SSSR count). The summed E-state index contributed by atoms with van der Waals surface area (Å²) in [5.41, 5.74) is 5.42. The predicted molar refractivity (Wildman–Crippen MR) is 93.8 cm³/mol. The Labute approximate surface area is 136 Å². The monoisotopic (exact) mass is 303 g/mol. The number of benzene rings is 2. The molecule has 0 fully saturated rings. The van der Waals surface area contributed by atoms with Gasteiger partial charge in [-0.25, -0.2) is 0 Å². The Hall–Kier alpha value is -2.35. The Kier molecular flexibility index (Phi) is 3.53. The van der Waals surface area contributed by atoms with Gasteiger partial charge in [-0.05, 0) is 36.0 Å². The summed E-state index contributed by atoms with van der Waals surface area (Å²) in [5, 5.41) is 1.32. The number of hydrogen-bond donors (Lipinski definition) is 0. The van der Waals surface area contributed by atoms with Crippen molar-refractivity contribution in [2.24, 2.45) is 5.92 Å². The van der Waals surface area contributed by atoms with Gasteiger partial charge in [-0.15, -0.1) is 0 Å². The van der Waals surface area contributed by atoms with E-state index in [0.717, 1.165) is 25.7 Å². The number of carbonyl (C=O) groups excluding carboxylic acids is 1. The van der Waals surface area contributed by atoms with Crippen LogP contribution in [0.15, 0.2) is 54.6 Å². The summed E-state index contributed by atoms with van der Waals surface area (Å²) in [5.74, 6) is 0.455. The van der Waals surface area contributed by atoms with Crippen LogP contribution in [0.2, 0.25) is 0 Å². The Balaban J connectivity index is 1.90. The van der Waals surface area contributed by atoms with Crippen molar-refractivity contribution < 1.29 is 4.79 Å². The van der Waals surface area contributed by atoms with Gasteiger partial charge in [0, 0.05) is 29.1 Å². The first kappa shape index (κ1) is 14.3. The number of carbonyl (C=O) groups is 1. The lowest BCUT2D eigenvalue weighted by molar-refractivity contribution is -0.111. The molecule has 0 spiro atoms. The molecule has 1 aliphatic rings. The van der Waals surface area contributed by atoms with Crippen molar-refractivity contribution in [3.63, 3.8) is 0 Å². The van der Waals surface area contributed by atoms with Gasteiger partial charge < -0.3 is 9.36 Å². The SMILES string of the molecule is C[C@H]1c2c(n(Cc3ccccc3)c3ccccc23)CC[C@@H]1C=O. The molecule has 1 heterocycles. The summed E-state index contributed by atoms with van der Waals surface area (Å²) in [6.07, 6.45) is 3.10. The van der Waals surface area contributed by atoms with Crippen LogP contribution >= 0.6 is 0 Å². The third-order valence-electron chi connectivity index (χ3n) is 5.29. The van der Waals surface area contributed by atoms with Gasteiger partial charge in [0.05, 0.1) is 0 Å². The first-order valence-electron chi connectivity index (χ1n) is 8.39. The summed E-state index contributed by atoms with van der Waals surface area (Å²) >= 11 is 0. The molecule has 3 aromatic rings. The largest absolute Gasteiger partial charge is 0.340 e. The van der Waals surface area contributed by atoms with Gasteiger partial charge >= 0.3 is 0 Å². The molecule has 2 nitrogen and oxygen atoms in total. The Morgan fingerprint density at radius 2 is 1.83 bits per heavy atom. The zero-order valence-electron chi connectivity index (χ0n) is 13.4. The van der Waals surface area contributed by atoms with Crippen molar-refractivity contribution >= 4 is 17.2 Å². The highest BCUT2D eigenvalue weighted by molar-refractivity contribution is 5.87. The fraction of sp³-hybridized carbons (Fsp3) is 0.286. The van der Waals surface area contributed by atoms with Gasteiger partial charge in [-0.2, -0.15) is 0 Å². The maximum absolute atomic E-state index is 11.4. The average Bonchev–Trinajstić information content (AvgIpc) is 2.91. The molecular formula is C21H21NO. The smallest absolute Gasteiger partial charge is 0.123 e. The van der Waals surface area contributed by atoms with Gasteiger partial charge in [-0.3, -0.25) is 0 Å². The number of hydrogen-bond acceptors (Lipinski definition) is 1. The highest BCUT2D eigenvalue weighted by atomic mass is 16.1. The predicted octanol–water partition coefficient (Wildman–Crippen LogP) is 4.55. The molecule has 0 radical (unpaired) electrons. The Morgan fingerprint density at radius 3 is 2.61 bits per heavy atom. The highest BCUT2D eigenvalue weighted by Gasteiger charge is 2.31. The summed E-state index contributed by atoms with van der Waals surface area (Å²) in [4.78, 5) is 11.4. The molecule has 0 unspecified atom stereocenters. The highest BCUT2D eigenvalue weighted by Crippen LogP contribution is 2.41. The standard InChI is InChI=1S/C21H21NO/c1-15-17(14-23)11-12-20-21(15)18-9-5-6-10-19(18)22(20)13-16-7-3-2-4-8-16/h2-10,14-15,17H,11-13H2,1H3/t15-,17-/m1/s1. The van der Waals surface area contributed by atoms with Gasteiger partial charge in [-0.1, -0.05) is 55.5 Å². The van der Waals surface area contributed by atoms with Crippen LogP contribution in [-0.4, -0.2) is 10.9 Å². The molecule has 1 aromatic heterocycles. The van der Waals surface area contributed by atoms with Crippen LogP contribution in [0.1, 0.15) is 36.1 Å². The number of rotatable bonds is 3. The van der Waals surface area contributed by atoms with Crippen molar-refractivity contribution in [1.29, 1.82) is 0 Å². The fourth-order valence-electron chi connectivity index (χ4n) is 4.06. The topological polar surface area (TPSA) is 22.0 Å². The van der Waals surface area contributed by atoms with E-state index in [1.165, 1.54) is 27.7 Å². The second-order valence-corrected chi connectivity index (χ2v) is 6.58. The van der Waals surface area contributed by atoms with E-state index < -0.39 is 0 Å². The molecule has 2 atom stereocenters. The van der Waals surface area contributed by atoms with Crippen LogP contribution in [0.5, 0.6) is 0 Å². The molecule has 0 amide bonds. The molecule has 0 saturated carbocycles. The van der Waals surface area contributed by atoms with E-state index in [1.54, 1.807) is 0 Å². The van der Waals surface area contributed by atoms with Crippen LogP contribution in [0.25, 0.3) is 10.9 Å². The van der Waals surface area contributed by atoms with Gasteiger partial charge in [0.1, 0.15) is 6.29 Å². The van der Waals surface area contributed by atoms with E-state index in [4.69, 9.17) is 0 Å². The van der Waals surface area contributed by atoms with Crippen molar-refractivity contribution in [2.45, 2.75) is 32.2 Å². The van der Waals surface area contributed by atoms with Gasteiger partial charge in [0.2, 0.25) is 0 Å². The van der Waals surface area contributed by atoms with E-state index >= 15 is 0 Å². The maximum Gasteiger partial charge on any atom is 0.123 e. The summed E-state index contributed by atoms with van der Waals surface area (Å²) in [7, 11) is 0. The number of aromatic nitrogens is 1. The Bertz CT molecular complexity index is 847. The van der Waals surface area contributed by atoms with Crippen LogP contribution in [0, 0.1) is 5.92 Å². The fourth-order valence-corrected chi connectivity index (χ4v) is 4.06. The van der Waals surface area contributed by atoms with E-state index in [1.807, 2.05) is 0 Å². The van der Waals surface area contributed by atoms with Crippen molar-refractivity contribution in [3.8, 4) is 0 Å². The molecule has 0 N–H and O–H groups in total. The molecular weight excluding hydrogens is 282 g/mol. The third kappa shape index (κ3) is 2.29. The van der Waals surface area contributed by atoms with E-state index in [-0.39, 0.29) is 5.92 Å². The quantitative estimate of drug-likeness (QED) is 0.650. The zero-order chi connectivity index (χ0) is 15.8. The lowest BCUT2D eigenvalue weighted by atomic mass is 9.78. The molecule has 0 bridgehead atoms. The van der Waals surface area contributed by atoms with Crippen LogP contribution in [0.4, 0.5) is 0 Å². The first-order chi connectivity index (χ1) is 11.3. The average molecular weight is 303 g/mol. The molecule has 2 aromatic carbocycles. The summed E-state index contributed by atoms with van der Waals surface area (Å²) in [6, 6.07) is 19.2. The van der Waals surface area contributed by atoms with E-state index in [0.29, 0.717) is 5.92 Å². The normalized spacial score (nSPS) is 20.4. The van der Waals surface area contributed by atoms with E-state index in [9.17, 15) is 4.79 Å². The zero-order valence-corrected chi connectivity index (χ0v) is 13.4. The molecule has 0 saturated heterocycles. The minimum Gasteiger partial charge on any atom is -0.340 e. The Morgan fingerprint density at radius 1 is 1.09 bits per heavy atom. The summed E-state index contributed by atoms with van der Waals surface area (Å²) in [6.45, 7) is 3.10. The van der Waals surface area contributed by atoms with Crippen LogP contribution in [0.3, 0.4) is 0 Å². The van der Waals surface area contributed by atoms with Crippen molar-refractivity contribution in [3.05, 3.63) is 71.4 Å². The molecule has 116 valence electrons. The number of nitrogens with zero attached hydrogens (tertiary/aromatic N) is 1. The second kappa shape index (κ2) is 5.69. The number of aldehydes is 1. The number of para-hydroxylation sites is 1. The molecule has 1 aliphatic carbocycles. The maximum atomic E-state index is 11.4. The molecule has 23 heavy (non-hydrogen) atoms. The second-order valence-electron chi connectivity index (χ2n) is 6.58. The van der Waals surface area contributed by atoms with Gasteiger partial charge in [0.25, 0.3) is 0 Å². The number of fused-ring (bicyclic) bond motifs is 3.